The molecule has 9 atom stereocenters. The number of ether oxygens (including phenoxy) is 1. The van der Waals surface area contributed by atoms with Crippen molar-refractivity contribution >= 4 is 5.97 Å². The molecule has 1 aliphatic heterocycles. The molecule has 5 rings (SSSR count). The average Bonchev–Trinajstić information content (AvgIpc) is 2.92. The number of carbonyl (C=O) groups is 1. The maximum Gasteiger partial charge on any atom is 0.312 e. The van der Waals surface area contributed by atoms with E-state index < -0.39 is 29.1 Å². The lowest BCUT2D eigenvalue weighted by Gasteiger charge is -2.64. The molecule has 0 unspecified atom stereocenters. The molecule has 0 amide bonds. The molecule has 0 radical (unpaired) electrons. The van der Waals surface area contributed by atoms with Gasteiger partial charge in [-0.25, -0.2) is 0 Å². The van der Waals surface area contributed by atoms with Crippen LogP contribution in [0, 0.1) is 34.0 Å². The second-order valence-corrected chi connectivity index (χ2v) is 9.69. The highest BCUT2D eigenvalue weighted by molar-refractivity contribution is 5.80. The Morgan fingerprint density at radius 2 is 1.96 bits per heavy atom. The summed E-state index contributed by atoms with van der Waals surface area (Å²) in [5.41, 5.74) is -0.211. The van der Waals surface area contributed by atoms with Crippen molar-refractivity contribution in [2.24, 2.45) is 34.0 Å². The Morgan fingerprint density at radius 1 is 1.21 bits per heavy atom. The molecule has 24 heavy (non-hydrogen) atoms. The van der Waals surface area contributed by atoms with E-state index in [1.54, 1.807) is 0 Å². The number of hydrogen-bond acceptors (Lipinski definition) is 4. The van der Waals surface area contributed by atoms with Gasteiger partial charge in [0.2, 0.25) is 0 Å². The molecule has 132 valence electrons. The Labute approximate surface area is 143 Å². The highest BCUT2D eigenvalue weighted by Gasteiger charge is 2.76. The Bertz CT molecular complexity index is 644. The van der Waals surface area contributed by atoms with E-state index in [-0.39, 0.29) is 23.2 Å². The molecule has 4 nitrogen and oxygen atoms in total. The average molecular weight is 332 g/mol. The van der Waals surface area contributed by atoms with Crippen LogP contribution in [0.3, 0.4) is 0 Å². The van der Waals surface area contributed by atoms with Gasteiger partial charge in [-0.1, -0.05) is 19.9 Å². The zero-order valence-corrected chi connectivity index (χ0v) is 14.6. The maximum atomic E-state index is 12.7. The zero-order chi connectivity index (χ0) is 17.1. The molecule has 4 saturated carbocycles. The van der Waals surface area contributed by atoms with E-state index in [4.69, 9.17) is 4.74 Å². The minimum atomic E-state index is -0.776. The van der Waals surface area contributed by atoms with Gasteiger partial charge in [0, 0.05) is 11.3 Å². The first kappa shape index (κ1) is 15.4. The van der Waals surface area contributed by atoms with Crippen LogP contribution in [0.1, 0.15) is 52.4 Å². The Morgan fingerprint density at radius 3 is 2.71 bits per heavy atom. The standard InChI is InChI=1S/C20H28O4/c1-10-11-5-6-12-18(2)7-4-8-19(3)14(18)13(24-17(19)23)16(22)20(12,9-11)15(10)21/h11-16,21-22H,1,4-9H2,2-3H3/t11-,12+,13-,14+,15-,16+,18+,19-,20+/m1/s1. The molecule has 1 heterocycles. The Balaban J connectivity index is 1.72. The van der Waals surface area contributed by atoms with Crippen LogP contribution in [0.25, 0.3) is 0 Å². The van der Waals surface area contributed by atoms with Gasteiger partial charge in [0.25, 0.3) is 0 Å². The molecule has 0 aromatic carbocycles. The third kappa shape index (κ3) is 1.37. The van der Waals surface area contributed by atoms with Gasteiger partial charge in [-0.15, -0.1) is 0 Å². The van der Waals surface area contributed by atoms with E-state index in [1.807, 2.05) is 6.92 Å². The fourth-order valence-electron chi connectivity index (χ4n) is 8.04. The third-order valence-electron chi connectivity index (χ3n) is 8.94. The second-order valence-electron chi connectivity index (χ2n) is 9.69. The SMILES string of the molecule is C=C1[C@@H]2CC[C@H]3[C@]4(C)CCC[C@@]5(C)C(=O)O[C@@H]([C@H](O)[C@]3(C2)[C@@H]1O)[C@@H]45. The summed E-state index contributed by atoms with van der Waals surface area (Å²) in [6.07, 6.45) is 3.88. The Kier molecular flexibility index (Phi) is 2.74. The molecule has 4 aliphatic carbocycles. The number of carbonyl (C=O) groups excluding carboxylic acids is 1. The topological polar surface area (TPSA) is 66.8 Å². The molecule has 4 heteroatoms. The molecule has 5 aliphatic rings. The fraction of sp³-hybridized carbons (Fsp3) is 0.850. The van der Waals surface area contributed by atoms with E-state index in [0.717, 1.165) is 44.1 Å². The van der Waals surface area contributed by atoms with Crippen molar-refractivity contribution in [3.63, 3.8) is 0 Å². The smallest absolute Gasteiger partial charge is 0.312 e. The molecule has 5 fully saturated rings. The van der Waals surface area contributed by atoms with Gasteiger partial charge in [-0.2, -0.15) is 0 Å². The predicted octanol–water partition coefficient (Wildman–Crippen LogP) is 2.43. The highest BCUT2D eigenvalue weighted by Crippen LogP contribution is 2.74. The van der Waals surface area contributed by atoms with E-state index in [2.05, 4.69) is 13.5 Å². The van der Waals surface area contributed by atoms with Crippen LogP contribution < -0.4 is 0 Å². The normalized spacial score (nSPS) is 61.3. The van der Waals surface area contributed by atoms with Crippen LogP contribution in [0.5, 0.6) is 0 Å². The molecular formula is C20H28O4. The molecule has 1 saturated heterocycles. The van der Waals surface area contributed by atoms with Gasteiger partial charge in [0.05, 0.1) is 17.6 Å². The van der Waals surface area contributed by atoms with Crippen molar-refractivity contribution in [3.05, 3.63) is 12.2 Å². The summed E-state index contributed by atoms with van der Waals surface area (Å²) in [5.74, 6) is 0.467. The number of rotatable bonds is 0. The lowest BCUT2D eigenvalue weighted by molar-refractivity contribution is -0.240. The molecule has 0 aromatic heterocycles. The number of aliphatic hydroxyl groups excluding tert-OH is 2. The quantitative estimate of drug-likeness (QED) is 0.528. The lowest BCUT2D eigenvalue weighted by Crippen LogP contribution is -2.68. The summed E-state index contributed by atoms with van der Waals surface area (Å²) in [4.78, 5) is 12.7. The number of hydrogen-bond donors (Lipinski definition) is 2. The van der Waals surface area contributed by atoms with Crippen molar-refractivity contribution < 1.29 is 19.7 Å². The molecule has 2 N–H and O–H groups in total. The lowest BCUT2D eigenvalue weighted by atomic mass is 9.40. The van der Waals surface area contributed by atoms with Gasteiger partial charge in [-0.3, -0.25) is 4.79 Å². The number of aliphatic hydroxyl groups is 2. The minimum absolute atomic E-state index is 0.0559. The second kappa shape index (κ2) is 4.27. The molecule has 1 spiro atoms. The predicted molar refractivity (Wildman–Crippen MR) is 87.9 cm³/mol. The van der Waals surface area contributed by atoms with Crippen molar-refractivity contribution in [2.45, 2.75) is 70.7 Å². The minimum Gasteiger partial charge on any atom is -0.459 e. The van der Waals surface area contributed by atoms with Crippen LogP contribution in [0.15, 0.2) is 12.2 Å². The number of esters is 1. The van der Waals surface area contributed by atoms with Crippen LogP contribution in [-0.4, -0.2) is 34.5 Å². The summed E-state index contributed by atoms with van der Waals surface area (Å²) in [5, 5.41) is 22.4. The van der Waals surface area contributed by atoms with Crippen molar-refractivity contribution in [3.8, 4) is 0 Å². The fourth-order valence-corrected chi connectivity index (χ4v) is 8.04. The first-order chi connectivity index (χ1) is 11.3. The van der Waals surface area contributed by atoms with E-state index in [1.165, 1.54) is 0 Å². The highest BCUT2D eigenvalue weighted by atomic mass is 16.6. The monoisotopic (exact) mass is 332 g/mol. The maximum absolute atomic E-state index is 12.7. The van der Waals surface area contributed by atoms with Crippen LogP contribution in [0.4, 0.5) is 0 Å². The molecular weight excluding hydrogens is 304 g/mol. The van der Waals surface area contributed by atoms with E-state index in [9.17, 15) is 15.0 Å². The van der Waals surface area contributed by atoms with E-state index >= 15 is 0 Å². The third-order valence-corrected chi connectivity index (χ3v) is 8.94. The summed E-state index contributed by atoms with van der Waals surface area (Å²) in [6.45, 7) is 8.49. The van der Waals surface area contributed by atoms with Crippen LogP contribution >= 0.6 is 0 Å². The summed E-state index contributed by atoms with van der Waals surface area (Å²) >= 11 is 0. The van der Waals surface area contributed by atoms with Gasteiger partial charge in [0.1, 0.15) is 6.10 Å². The van der Waals surface area contributed by atoms with Crippen molar-refractivity contribution in [1.29, 1.82) is 0 Å². The van der Waals surface area contributed by atoms with Gasteiger partial charge >= 0.3 is 5.97 Å². The van der Waals surface area contributed by atoms with Gasteiger partial charge < -0.3 is 14.9 Å². The summed E-state index contributed by atoms with van der Waals surface area (Å²) in [7, 11) is 0. The number of fused-ring (bicyclic) bond motifs is 2. The largest absolute Gasteiger partial charge is 0.459 e. The van der Waals surface area contributed by atoms with Gasteiger partial charge in [0.15, 0.2) is 0 Å². The Hall–Kier alpha value is -0.870. The van der Waals surface area contributed by atoms with Crippen LogP contribution in [0.2, 0.25) is 0 Å². The van der Waals surface area contributed by atoms with Crippen molar-refractivity contribution in [2.75, 3.05) is 0 Å². The summed E-state index contributed by atoms with van der Waals surface area (Å²) < 4.78 is 5.81. The molecule has 2 bridgehead atoms. The first-order valence-electron chi connectivity index (χ1n) is 9.53. The van der Waals surface area contributed by atoms with Crippen LogP contribution in [-0.2, 0) is 9.53 Å². The van der Waals surface area contributed by atoms with Crippen molar-refractivity contribution in [1.82, 2.24) is 0 Å². The van der Waals surface area contributed by atoms with Gasteiger partial charge in [-0.05, 0) is 61.9 Å². The van der Waals surface area contributed by atoms with E-state index in [0.29, 0.717) is 5.92 Å². The first-order valence-corrected chi connectivity index (χ1v) is 9.53. The zero-order valence-electron chi connectivity index (χ0n) is 14.6. The molecule has 0 aromatic rings. The summed E-state index contributed by atoms with van der Waals surface area (Å²) in [6, 6.07) is 0.